The average molecular weight is 345 g/mol. The van der Waals surface area contributed by atoms with Crippen LogP contribution < -0.4 is 20.1 Å². The Labute approximate surface area is 147 Å². The molecule has 0 fully saturated rings. The van der Waals surface area contributed by atoms with Gasteiger partial charge in [-0.05, 0) is 38.4 Å². The first-order valence-corrected chi connectivity index (χ1v) is 7.78. The van der Waals surface area contributed by atoms with Gasteiger partial charge >= 0.3 is 0 Å². The summed E-state index contributed by atoms with van der Waals surface area (Å²) >= 11 is 0. The van der Waals surface area contributed by atoms with Crippen LogP contribution in [-0.2, 0) is 0 Å². The van der Waals surface area contributed by atoms with Crippen LogP contribution in [0.25, 0.3) is 0 Å². The topological polar surface area (TPSA) is 88.6 Å². The predicted molar refractivity (Wildman–Crippen MR) is 96.6 cm³/mol. The fourth-order valence-electron chi connectivity index (χ4n) is 2.03. The van der Waals surface area contributed by atoms with E-state index in [4.69, 9.17) is 9.47 Å². The predicted octanol–water partition coefficient (Wildman–Crippen LogP) is 1.72. The lowest BCUT2D eigenvalue weighted by atomic mass is 10.2. The summed E-state index contributed by atoms with van der Waals surface area (Å²) in [5, 5.41) is 13.9. The molecule has 1 aromatic heterocycles. The first-order valence-electron chi connectivity index (χ1n) is 7.78. The normalized spacial score (nSPS) is 10.4. The van der Waals surface area contributed by atoms with E-state index in [9.17, 15) is 4.79 Å². The molecule has 1 amide bonds. The lowest BCUT2D eigenvalue weighted by Crippen LogP contribution is -2.21. The molecule has 0 bridgehead atoms. The van der Waals surface area contributed by atoms with Crippen LogP contribution >= 0.6 is 0 Å². The molecule has 0 unspecified atom stereocenters. The highest BCUT2D eigenvalue weighted by molar-refractivity contribution is 6.04. The number of benzene rings is 1. The van der Waals surface area contributed by atoms with E-state index in [2.05, 4.69) is 25.7 Å². The minimum Gasteiger partial charge on any atom is -0.497 e. The number of rotatable bonds is 8. The molecule has 0 spiro atoms. The number of nitrogens with one attached hydrogen (secondary N) is 2. The summed E-state index contributed by atoms with van der Waals surface area (Å²) in [6, 6.07) is 8.42. The van der Waals surface area contributed by atoms with Gasteiger partial charge in [-0.15, -0.1) is 10.2 Å². The van der Waals surface area contributed by atoms with Crippen molar-refractivity contribution in [2.75, 3.05) is 52.0 Å². The molecule has 25 heavy (non-hydrogen) atoms. The van der Waals surface area contributed by atoms with Gasteiger partial charge in [0.1, 0.15) is 17.3 Å². The quantitative estimate of drug-likeness (QED) is 0.753. The summed E-state index contributed by atoms with van der Waals surface area (Å²) in [4.78, 5) is 14.4. The average Bonchev–Trinajstić information content (AvgIpc) is 2.62. The minimum absolute atomic E-state index is 0.320. The van der Waals surface area contributed by atoms with E-state index < -0.39 is 0 Å². The lowest BCUT2D eigenvalue weighted by molar-refractivity contribution is 0.102. The lowest BCUT2D eigenvalue weighted by Gasteiger charge is -2.11. The first-order chi connectivity index (χ1) is 12.0. The zero-order valence-corrected chi connectivity index (χ0v) is 14.9. The van der Waals surface area contributed by atoms with Crippen molar-refractivity contribution in [2.24, 2.45) is 0 Å². The Hall–Kier alpha value is -2.87. The summed E-state index contributed by atoms with van der Waals surface area (Å²) < 4.78 is 10.3. The third-order valence-electron chi connectivity index (χ3n) is 3.38. The van der Waals surface area contributed by atoms with Crippen molar-refractivity contribution in [3.8, 4) is 11.5 Å². The molecule has 2 aromatic rings. The van der Waals surface area contributed by atoms with E-state index in [-0.39, 0.29) is 5.91 Å². The Morgan fingerprint density at radius 2 is 1.64 bits per heavy atom. The van der Waals surface area contributed by atoms with E-state index in [0.29, 0.717) is 28.7 Å². The molecule has 0 radical (unpaired) electrons. The number of methoxy groups -OCH3 is 2. The van der Waals surface area contributed by atoms with Crippen molar-refractivity contribution >= 4 is 17.5 Å². The third kappa shape index (κ3) is 5.61. The van der Waals surface area contributed by atoms with Crippen molar-refractivity contribution < 1.29 is 14.3 Å². The highest BCUT2D eigenvalue weighted by Gasteiger charge is 2.11. The molecule has 8 nitrogen and oxygen atoms in total. The molecular weight excluding hydrogens is 322 g/mol. The second-order valence-electron chi connectivity index (χ2n) is 5.59. The van der Waals surface area contributed by atoms with Crippen LogP contribution in [0.1, 0.15) is 10.4 Å². The van der Waals surface area contributed by atoms with Crippen molar-refractivity contribution in [1.82, 2.24) is 15.1 Å². The molecular formula is C17H23N5O3. The number of likely N-dealkylation sites (N-methyl/N-ethyl adjacent to an activating group) is 1. The summed E-state index contributed by atoms with van der Waals surface area (Å²) in [5.41, 5.74) is 0.409. The third-order valence-corrected chi connectivity index (χ3v) is 3.38. The second kappa shape index (κ2) is 8.84. The van der Waals surface area contributed by atoms with Crippen LogP contribution in [0.3, 0.4) is 0 Å². The van der Waals surface area contributed by atoms with E-state index >= 15 is 0 Å². The first kappa shape index (κ1) is 18.5. The number of carbonyl (C=O) groups is 1. The molecule has 1 heterocycles. The summed E-state index contributed by atoms with van der Waals surface area (Å²) in [5.74, 6) is 1.78. The molecule has 0 atom stereocenters. The Bertz CT molecular complexity index is 682. The van der Waals surface area contributed by atoms with E-state index in [0.717, 1.165) is 13.1 Å². The molecule has 0 aliphatic heterocycles. The molecule has 0 saturated heterocycles. The van der Waals surface area contributed by atoms with Gasteiger partial charge < -0.3 is 25.0 Å². The molecule has 2 rings (SSSR count). The Kier molecular flexibility index (Phi) is 6.53. The SMILES string of the molecule is COc1cc(OC)cc(C(=O)Nc2ccc(NCCN(C)C)nn2)c1. The maximum Gasteiger partial charge on any atom is 0.257 e. The molecule has 0 saturated carbocycles. The van der Waals surface area contributed by atoms with Crippen molar-refractivity contribution in [1.29, 1.82) is 0 Å². The van der Waals surface area contributed by atoms with Gasteiger partial charge in [0.05, 0.1) is 14.2 Å². The smallest absolute Gasteiger partial charge is 0.257 e. The highest BCUT2D eigenvalue weighted by atomic mass is 16.5. The minimum atomic E-state index is -0.320. The largest absolute Gasteiger partial charge is 0.497 e. The van der Waals surface area contributed by atoms with Crippen molar-refractivity contribution in [2.45, 2.75) is 0 Å². The van der Waals surface area contributed by atoms with Gasteiger partial charge in [0.2, 0.25) is 0 Å². The van der Waals surface area contributed by atoms with Gasteiger partial charge in [0.25, 0.3) is 5.91 Å². The van der Waals surface area contributed by atoms with Gasteiger partial charge in [-0.25, -0.2) is 0 Å². The van der Waals surface area contributed by atoms with Gasteiger partial charge in [-0.2, -0.15) is 0 Å². The molecule has 0 aliphatic rings. The number of nitrogens with zero attached hydrogens (tertiary/aromatic N) is 3. The maximum absolute atomic E-state index is 12.4. The highest BCUT2D eigenvalue weighted by Crippen LogP contribution is 2.23. The number of aromatic nitrogens is 2. The van der Waals surface area contributed by atoms with Gasteiger partial charge in [0, 0.05) is 24.7 Å². The van der Waals surface area contributed by atoms with Crippen molar-refractivity contribution in [3.05, 3.63) is 35.9 Å². The number of ether oxygens (including phenoxy) is 2. The zero-order chi connectivity index (χ0) is 18.2. The number of hydrogen-bond acceptors (Lipinski definition) is 7. The Balaban J connectivity index is 2.00. The van der Waals surface area contributed by atoms with Crippen LogP contribution in [0.2, 0.25) is 0 Å². The number of hydrogen-bond donors (Lipinski definition) is 2. The number of carbonyl (C=O) groups excluding carboxylic acids is 1. The molecule has 0 aliphatic carbocycles. The number of amides is 1. The fraction of sp³-hybridized carbons (Fsp3) is 0.353. The van der Waals surface area contributed by atoms with Crippen LogP contribution in [0.15, 0.2) is 30.3 Å². The molecule has 2 N–H and O–H groups in total. The molecule has 8 heteroatoms. The van der Waals surface area contributed by atoms with E-state index in [1.165, 1.54) is 14.2 Å². The van der Waals surface area contributed by atoms with E-state index in [1.54, 1.807) is 30.3 Å². The summed E-state index contributed by atoms with van der Waals surface area (Å²) in [6.45, 7) is 1.65. The van der Waals surface area contributed by atoms with Gasteiger partial charge in [-0.1, -0.05) is 0 Å². The van der Waals surface area contributed by atoms with E-state index in [1.807, 2.05) is 14.1 Å². The maximum atomic E-state index is 12.4. The van der Waals surface area contributed by atoms with Gasteiger partial charge in [0.15, 0.2) is 5.82 Å². The van der Waals surface area contributed by atoms with Gasteiger partial charge in [-0.3, -0.25) is 4.79 Å². The van der Waals surface area contributed by atoms with Crippen LogP contribution in [-0.4, -0.2) is 62.4 Å². The summed E-state index contributed by atoms with van der Waals surface area (Å²) in [7, 11) is 7.06. The van der Waals surface area contributed by atoms with Crippen molar-refractivity contribution in [3.63, 3.8) is 0 Å². The van der Waals surface area contributed by atoms with Crippen LogP contribution in [0, 0.1) is 0 Å². The Morgan fingerprint density at radius 3 is 2.16 bits per heavy atom. The Morgan fingerprint density at radius 1 is 1.04 bits per heavy atom. The summed E-state index contributed by atoms with van der Waals surface area (Å²) in [6.07, 6.45) is 0. The molecule has 1 aromatic carbocycles. The van der Waals surface area contributed by atoms with Crippen LogP contribution in [0.5, 0.6) is 11.5 Å². The van der Waals surface area contributed by atoms with Crippen LogP contribution in [0.4, 0.5) is 11.6 Å². The standard InChI is InChI=1S/C17H23N5O3/c1-22(2)8-7-18-15-5-6-16(21-20-15)19-17(23)12-9-13(24-3)11-14(10-12)25-4/h5-6,9-11H,7-8H2,1-4H3,(H,18,20)(H,19,21,23). The number of anilines is 2. The second-order valence-corrected chi connectivity index (χ2v) is 5.59. The monoisotopic (exact) mass is 345 g/mol. The fourth-order valence-corrected chi connectivity index (χ4v) is 2.03. The molecule has 134 valence electrons. The zero-order valence-electron chi connectivity index (χ0n) is 14.9.